The van der Waals surface area contributed by atoms with Crippen molar-refractivity contribution in [2.24, 2.45) is 10.3 Å². The molecule has 1 amide bonds. The van der Waals surface area contributed by atoms with E-state index in [1.807, 2.05) is 29.2 Å². The summed E-state index contributed by atoms with van der Waals surface area (Å²) in [5.41, 5.74) is 1.47. The summed E-state index contributed by atoms with van der Waals surface area (Å²) in [6.07, 6.45) is 1.54. The van der Waals surface area contributed by atoms with E-state index in [0.717, 1.165) is 23.1 Å². The summed E-state index contributed by atoms with van der Waals surface area (Å²) in [6, 6.07) is 14.6. The number of piperidine rings is 1. The van der Waals surface area contributed by atoms with Crippen LogP contribution in [0.1, 0.15) is 18.4 Å². The lowest BCUT2D eigenvalue weighted by atomic mass is 9.96. The molecule has 9 heteroatoms. The van der Waals surface area contributed by atoms with E-state index < -0.39 is 10.0 Å². The Hall–Kier alpha value is -2.78. The number of fused-ring (bicyclic) bond motifs is 2. The van der Waals surface area contributed by atoms with E-state index in [-0.39, 0.29) is 16.7 Å². The maximum absolute atomic E-state index is 12.8. The highest BCUT2D eigenvalue weighted by atomic mass is 32.2. The Kier molecular flexibility index (Phi) is 4.36. The average molecular weight is 427 g/mol. The first kappa shape index (κ1) is 18.3. The summed E-state index contributed by atoms with van der Waals surface area (Å²) in [5, 5.41) is 3.51. The van der Waals surface area contributed by atoms with Crippen LogP contribution in [0.2, 0.25) is 0 Å². The number of carbonyl (C=O) groups is 1. The van der Waals surface area contributed by atoms with E-state index >= 15 is 0 Å². The number of aromatic nitrogens is 1. The molecule has 1 atom stereocenters. The number of nitrogens with one attached hydrogen (secondary N) is 1. The minimum Gasteiger partial charge on any atom is -0.355 e. The number of anilines is 1. The van der Waals surface area contributed by atoms with Gasteiger partial charge in [0.25, 0.3) is 10.0 Å². The van der Waals surface area contributed by atoms with Gasteiger partial charge in [0.05, 0.1) is 16.1 Å². The Balaban J connectivity index is 1.35. The Labute approximate surface area is 172 Å². The topological polar surface area (TPSA) is 91.7 Å². The van der Waals surface area contributed by atoms with E-state index in [4.69, 9.17) is 0 Å². The van der Waals surface area contributed by atoms with E-state index in [1.54, 1.807) is 24.3 Å². The van der Waals surface area contributed by atoms with E-state index in [0.29, 0.717) is 29.6 Å². The molecule has 0 radical (unpaired) electrons. The number of sulfonamides is 1. The molecule has 1 aromatic heterocycles. The zero-order chi connectivity index (χ0) is 20.0. The second kappa shape index (κ2) is 6.93. The fourth-order valence-corrected chi connectivity index (χ4v) is 5.93. The number of hydrogen-bond acceptors (Lipinski definition) is 6. The van der Waals surface area contributed by atoms with Crippen molar-refractivity contribution in [1.29, 1.82) is 0 Å². The van der Waals surface area contributed by atoms with Crippen LogP contribution in [-0.2, 0) is 14.8 Å². The molecule has 3 heterocycles. The molecule has 2 aromatic carbocycles. The summed E-state index contributed by atoms with van der Waals surface area (Å²) in [4.78, 5) is 19.5. The first-order chi connectivity index (χ1) is 14.0. The van der Waals surface area contributed by atoms with Gasteiger partial charge in [-0.05, 0) is 37.1 Å². The predicted octanol–water partition coefficient (Wildman–Crippen LogP) is 3.10. The van der Waals surface area contributed by atoms with E-state index in [9.17, 15) is 13.2 Å². The van der Waals surface area contributed by atoms with Crippen molar-refractivity contribution in [2.45, 2.75) is 17.7 Å². The summed E-state index contributed by atoms with van der Waals surface area (Å²) in [7, 11) is -3.67. The molecule has 0 bridgehead atoms. The largest absolute Gasteiger partial charge is 0.355 e. The molecule has 5 rings (SSSR count). The SMILES string of the molecule is O=C(Nc1nc2ccccc2s1)C1CCCN(C2=NS(=O)(=O)c3ccccc32)C1. The van der Waals surface area contributed by atoms with Gasteiger partial charge in [-0.25, -0.2) is 4.98 Å². The Morgan fingerprint density at radius 1 is 1.14 bits per heavy atom. The number of para-hydroxylation sites is 1. The molecule has 0 aliphatic carbocycles. The van der Waals surface area contributed by atoms with Gasteiger partial charge in [0.1, 0.15) is 4.90 Å². The van der Waals surface area contributed by atoms with E-state index in [2.05, 4.69) is 14.7 Å². The van der Waals surface area contributed by atoms with Gasteiger partial charge in [-0.2, -0.15) is 8.42 Å². The first-order valence-corrected chi connectivity index (χ1v) is 11.6. The third kappa shape index (κ3) is 3.30. The van der Waals surface area contributed by atoms with Gasteiger partial charge >= 0.3 is 0 Å². The second-order valence-corrected chi connectivity index (χ2v) is 9.75. The van der Waals surface area contributed by atoms with Crippen LogP contribution in [0.3, 0.4) is 0 Å². The molecular weight excluding hydrogens is 408 g/mol. The number of hydrogen-bond donors (Lipinski definition) is 1. The number of carbonyl (C=O) groups excluding carboxylic acids is 1. The molecule has 1 fully saturated rings. The molecule has 0 saturated carbocycles. The number of amidine groups is 1. The molecule has 148 valence electrons. The normalized spacial score (nSPS) is 20.3. The van der Waals surface area contributed by atoms with Crippen molar-refractivity contribution < 1.29 is 13.2 Å². The number of nitrogens with zero attached hydrogens (tertiary/aromatic N) is 3. The number of likely N-dealkylation sites (tertiary alicyclic amines) is 1. The second-order valence-electron chi connectivity index (χ2n) is 7.15. The van der Waals surface area contributed by atoms with Crippen LogP contribution in [0.25, 0.3) is 10.2 Å². The molecule has 29 heavy (non-hydrogen) atoms. The molecule has 2 aliphatic rings. The van der Waals surface area contributed by atoms with Gasteiger partial charge in [-0.15, -0.1) is 4.40 Å². The standard InChI is InChI=1S/C20H18N4O3S2/c25-19(22-20-21-15-8-2-3-9-16(15)28-20)13-6-5-11-24(12-13)18-14-7-1-4-10-17(14)29(26,27)23-18/h1-4,7-10,13H,5-6,11-12H2,(H,21,22,25). The van der Waals surface area contributed by atoms with Crippen LogP contribution >= 0.6 is 11.3 Å². The zero-order valence-corrected chi connectivity index (χ0v) is 17.0. The van der Waals surface area contributed by atoms with Gasteiger partial charge in [0.2, 0.25) is 5.91 Å². The van der Waals surface area contributed by atoms with Crippen LogP contribution in [0.5, 0.6) is 0 Å². The molecule has 7 nitrogen and oxygen atoms in total. The minimum absolute atomic E-state index is 0.0940. The average Bonchev–Trinajstić information content (AvgIpc) is 3.26. The fraction of sp³-hybridized carbons (Fsp3) is 0.250. The predicted molar refractivity (Wildman–Crippen MR) is 113 cm³/mol. The van der Waals surface area contributed by atoms with Crippen LogP contribution in [0.15, 0.2) is 57.8 Å². The van der Waals surface area contributed by atoms with Crippen LogP contribution in [0.4, 0.5) is 5.13 Å². The third-order valence-electron chi connectivity index (χ3n) is 5.23. The molecule has 1 unspecified atom stereocenters. The number of thiazole rings is 1. The highest BCUT2D eigenvalue weighted by Gasteiger charge is 2.35. The van der Waals surface area contributed by atoms with Crippen molar-refractivity contribution >= 4 is 48.5 Å². The summed E-state index contributed by atoms with van der Waals surface area (Å²) in [6.45, 7) is 1.10. The first-order valence-electron chi connectivity index (χ1n) is 9.37. The van der Waals surface area contributed by atoms with Crippen molar-refractivity contribution in [3.63, 3.8) is 0 Å². The summed E-state index contributed by atoms with van der Waals surface area (Å²) < 4.78 is 29.7. The molecule has 1 N–H and O–H groups in total. The summed E-state index contributed by atoms with van der Waals surface area (Å²) >= 11 is 1.45. The lowest BCUT2D eigenvalue weighted by Crippen LogP contribution is -2.43. The van der Waals surface area contributed by atoms with Crippen LogP contribution < -0.4 is 5.32 Å². The number of rotatable bonds is 2. The smallest absolute Gasteiger partial charge is 0.285 e. The monoisotopic (exact) mass is 426 g/mol. The molecule has 0 spiro atoms. The van der Waals surface area contributed by atoms with Gasteiger partial charge in [-0.1, -0.05) is 35.6 Å². The van der Waals surface area contributed by atoms with Crippen molar-refractivity contribution in [3.05, 3.63) is 54.1 Å². The zero-order valence-electron chi connectivity index (χ0n) is 15.4. The molecular formula is C20H18N4O3S2. The fourth-order valence-electron chi connectivity index (χ4n) is 3.83. The highest BCUT2D eigenvalue weighted by molar-refractivity contribution is 7.90. The molecule has 3 aromatic rings. The summed E-state index contributed by atoms with van der Waals surface area (Å²) in [5.74, 6) is 0.0931. The third-order valence-corrected chi connectivity index (χ3v) is 7.51. The van der Waals surface area contributed by atoms with Gasteiger partial charge in [0, 0.05) is 18.7 Å². The van der Waals surface area contributed by atoms with Crippen molar-refractivity contribution in [1.82, 2.24) is 9.88 Å². The Morgan fingerprint density at radius 2 is 1.93 bits per heavy atom. The maximum atomic E-state index is 12.8. The number of amides is 1. The quantitative estimate of drug-likeness (QED) is 0.680. The van der Waals surface area contributed by atoms with E-state index in [1.165, 1.54) is 11.3 Å². The van der Waals surface area contributed by atoms with Crippen molar-refractivity contribution in [2.75, 3.05) is 18.4 Å². The number of benzene rings is 2. The lowest BCUT2D eigenvalue weighted by Gasteiger charge is -2.33. The lowest BCUT2D eigenvalue weighted by molar-refractivity contribution is -0.121. The Morgan fingerprint density at radius 3 is 2.79 bits per heavy atom. The molecule has 1 saturated heterocycles. The minimum atomic E-state index is -3.67. The maximum Gasteiger partial charge on any atom is 0.285 e. The Bertz CT molecular complexity index is 1220. The van der Waals surface area contributed by atoms with Gasteiger partial charge in [0.15, 0.2) is 11.0 Å². The van der Waals surface area contributed by atoms with Crippen LogP contribution in [0, 0.1) is 5.92 Å². The van der Waals surface area contributed by atoms with Gasteiger partial charge in [-0.3, -0.25) is 4.79 Å². The van der Waals surface area contributed by atoms with Crippen molar-refractivity contribution in [3.8, 4) is 0 Å². The van der Waals surface area contributed by atoms with Crippen LogP contribution in [-0.4, -0.2) is 43.1 Å². The molecule has 2 aliphatic heterocycles. The van der Waals surface area contributed by atoms with Gasteiger partial charge < -0.3 is 10.2 Å². The highest BCUT2D eigenvalue weighted by Crippen LogP contribution is 2.31.